The van der Waals surface area contributed by atoms with Gasteiger partial charge in [-0.25, -0.2) is 4.98 Å². The second-order valence-corrected chi connectivity index (χ2v) is 5.22. The molecule has 23 heavy (non-hydrogen) atoms. The van der Waals surface area contributed by atoms with E-state index in [-0.39, 0.29) is 6.10 Å². The predicted octanol–water partition coefficient (Wildman–Crippen LogP) is 1.80. The van der Waals surface area contributed by atoms with E-state index in [1.165, 1.54) is 0 Å². The first-order chi connectivity index (χ1) is 11.3. The fraction of sp³-hybridized carbons (Fsp3) is 0.375. The van der Waals surface area contributed by atoms with Crippen molar-refractivity contribution >= 4 is 5.69 Å². The lowest BCUT2D eigenvalue weighted by atomic mass is 10.1. The van der Waals surface area contributed by atoms with Crippen molar-refractivity contribution in [3.05, 3.63) is 36.4 Å². The minimum atomic E-state index is -0.0242. The van der Waals surface area contributed by atoms with Crippen LogP contribution >= 0.6 is 0 Å². The summed E-state index contributed by atoms with van der Waals surface area (Å²) in [7, 11) is 1.57. The highest BCUT2D eigenvalue weighted by Crippen LogP contribution is 2.24. The summed E-state index contributed by atoms with van der Waals surface area (Å²) in [5.74, 6) is 0.594. The fourth-order valence-electron chi connectivity index (χ4n) is 2.61. The third-order valence-corrected chi connectivity index (χ3v) is 3.72. The van der Waals surface area contributed by atoms with Crippen molar-refractivity contribution in [3.63, 3.8) is 0 Å². The van der Waals surface area contributed by atoms with Gasteiger partial charge in [0.15, 0.2) is 11.4 Å². The first-order valence-corrected chi connectivity index (χ1v) is 7.43. The molecule has 3 heterocycles. The predicted molar refractivity (Wildman–Crippen MR) is 83.4 cm³/mol. The number of hydrogen-bond donors (Lipinski definition) is 0. The zero-order chi connectivity index (χ0) is 16.1. The number of ether oxygens (including phenoxy) is 2. The molecule has 3 rings (SSSR count). The molecule has 0 radical (unpaired) electrons. The molecule has 1 atom stereocenters. The molecule has 1 unspecified atom stereocenters. The van der Waals surface area contributed by atoms with Gasteiger partial charge in [0.25, 0.3) is 0 Å². The molecule has 0 spiro atoms. The molecule has 1 aliphatic rings. The van der Waals surface area contributed by atoms with E-state index in [0.717, 1.165) is 25.1 Å². The van der Waals surface area contributed by atoms with E-state index < -0.39 is 0 Å². The molecule has 0 aromatic carbocycles. The van der Waals surface area contributed by atoms with Gasteiger partial charge in [-0.15, -0.1) is 0 Å². The van der Waals surface area contributed by atoms with Crippen molar-refractivity contribution in [1.82, 2.24) is 15.0 Å². The van der Waals surface area contributed by atoms with Crippen molar-refractivity contribution in [2.24, 2.45) is 0 Å². The average Bonchev–Trinajstić information content (AvgIpc) is 2.62. The maximum Gasteiger partial charge on any atom is 0.316 e. The van der Waals surface area contributed by atoms with E-state index >= 15 is 0 Å². The van der Waals surface area contributed by atoms with Crippen molar-refractivity contribution in [1.29, 1.82) is 5.26 Å². The number of methoxy groups -OCH3 is 1. The molecular weight excluding hydrogens is 294 g/mol. The van der Waals surface area contributed by atoms with Crippen molar-refractivity contribution < 1.29 is 9.47 Å². The number of anilines is 1. The van der Waals surface area contributed by atoms with Crippen LogP contribution in [0.25, 0.3) is 0 Å². The smallest absolute Gasteiger partial charge is 0.316 e. The molecule has 0 amide bonds. The third-order valence-electron chi connectivity index (χ3n) is 3.72. The summed E-state index contributed by atoms with van der Waals surface area (Å²) in [4.78, 5) is 14.5. The number of hydrogen-bond acceptors (Lipinski definition) is 7. The normalized spacial score (nSPS) is 17.4. The number of piperidine rings is 1. The van der Waals surface area contributed by atoms with Gasteiger partial charge in [-0.05, 0) is 25.0 Å². The third kappa shape index (κ3) is 3.48. The van der Waals surface area contributed by atoms with Gasteiger partial charge in [-0.1, -0.05) is 0 Å². The molecule has 1 fully saturated rings. The summed E-state index contributed by atoms with van der Waals surface area (Å²) in [6.07, 6.45) is 6.67. The Morgan fingerprint density at radius 3 is 2.87 bits per heavy atom. The van der Waals surface area contributed by atoms with Crippen LogP contribution in [-0.4, -0.2) is 41.3 Å². The quantitative estimate of drug-likeness (QED) is 0.851. The van der Waals surface area contributed by atoms with Gasteiger partial charge in [-0.2, -0.15) is 15.2 Å². The summed E-state index contributed by atoms with van der Waals surface area (Å²) in [5.41, 5.74) is 1.28. The Bertz CT molecular complexity index is 698. The highest BCUT2D eigenvalue weighted by Gasteiger charge is 2.24. The van der Waals surface area contributed by atoms with Crippen LogP contribution < -0.4 is 14.4 Å². The largest absolute Gasteiger partial charge is 0.494 e. The number of rotatable bonds is 4. The van der Waals surface area contributed by atoms with Crippen LogP contribution in [-0.2, 0) is 0 Å². The summed E-state index contributed by atoms with van der Waals surface area (Å²) >= 11 is 0. The Labute approximate surface area is 134 Å². The summed E-state index contributed by atoms with van der Waals surface area (Å²) in [5, 5.41) is 9.20. The van der Waals surface area contributed by atoms with Gasteiger partial charge in [0.1, 0.15) is 12.2 Å². The number of aromatic nitrogens is 3. The SMILES string of the molecule is COc1cnc(OC2CCCN(c3cccnc3C#N)C2)nc1. The van der Waals surface area contributed by atoms with Crippen LogP contribution in [0.3, 0.4) is 0 Å². The second kappa shape index (κ2) is 6.92. The van der Waals surface area contributed by atoms with Crippen molar-refractivity contribution in [2.75, 3.05) is 25.1 Å². The fourth-order valence-corrected chi connectivity index (χ4v) is 2.61. The van der Waals surface area contributed by atoms with E-state index in [1.807, 2.05) is 12.1 Å². The first-order valence-electron chi connectivity index (χ1n) is 7.43. The van der Waals surface area contributed by atoms with Crippen LogP contribution in [0, 0.1) is 11.3 Å². The molecule has 2 aromatic rings. The van der Waals surface area contributed by atoms with Crippen LogP contribution in [0.1, 0.15) is 18.5 Å². The van der Waals surface area contributed by atoms with Gasteiger partial charge < -0.3 is 14.4 Å². The number of nitriles is 1. The van der Waals surface area contributed by atoms with Crippen LogP contribution in [0.5, 0.6) is 11.8 Å². The molecule has 1 saturated heterocycles. The Balaban J connectivity index is 1.69. The maximum absolute atomic E-state index is 9.20. The Kier molecular flexibility index (Phi) is 4.52. The number of pyridine rings is 1. The van der Waals surface area contributed by atoms with Crippen molar-refractivity contribution in [2.45, 2.75) is 18.9 Å². The van der Waals surface area contributed by atoms with Crippen LogP contribution in [0.15, 0.2) is 30.7 Å². The topological polar surface area (TPSA) is 84.2 Å². The lowest BCUT2D eigenvalue weighted by molar-refractivity contribution is 0.164. The highest BCUT2D eigenvalue weighted by molar-refractivity contribution is 5.56. The Morgan fingerprint density at radius 1 is 1.30 bits per heavy atom. The number of nitrogens with zero attached hydrogens (tertiary/aromatic N) is 5. The minimum Gasteiger partial charge on any atom is -0.494 e. The zero-order valence-corrected chi connectivity index (χ0v) is 12.8. The zero-order valence-electron chi connectivity index (χ0n) is 12.8. The standard InChI is InChI=1S/C16H17N5O2/c1-22-13-9-19-16(20-10-13)23-12-4-3-7-21(11-12)15-5-2-6-18-14(15)8-17/h2,5-6,9-10,12H,3-4,7,11H2,1H3. The van der Waals surface area contributed by atoms with Gasteiger partial charge >= 0.3 is 6.01 Å². The van der Waals surface area contributed by atoms with Crippen LogP contribution in [0.4, 0.5) is 5.69 Å². The molecule has 0 N–H and O–H groups in total. The van der Waals surface area contributed by atoms with Gasteiger partial charge in [0.05, 0.1) is 31.7 Å². The highest BCUT2D eigenvalue weighted by atomic mass is 16.5. The van der Waals surface area contributed by atoms with E-state index in [9.17, 15) is 5.26 Å². The Morgan fingerprint density at radius 2 is 2.13 bits per heavy atom. The molecule has 2 aromatic heterocycles. The van der Waals surface area contributed by atoms with Gasteiger partial charge in [-0.3, -0.25) is 0 Å². The van der Waals surface area contributed by atoms with E-state index in [4.69, 9.17) is 9.47 Å². The van der Waals surface area contributed by atoms with Crippen molar-refractivity contribution in [3.8, 4) is 17.8 Å². The molecule has 7 nitrogen and oxygen atoms in total. The first kappa shape index (κ1) is 15.0. The molecule has 0 bridgehead atoms. The minimum absolute atomic E-state index is 0.0242. The lowest BCUT2D eigenvalue weighted by Gasteiger charge is -2.34. The molecule has 118 valence electrons. The molecule has 0 aliphatic carbocycles. The Hall–Kier alpha value is -2.88. The molecule has 0 saturated carbocycles. The molecular formula is C16H17N5O2. The summed E-state index contributed by atoms with van der Waals surface area (Å²) in [6.45, 7) is 1.56. The average molecular weight is 311 g/mol. The van der Waals surface area contributed by atoms with E-state index in [1.54, 1.807) is 25.7 Å². The van der Waals surface area contributed by atoms with Gasteiger partial charge in [0.2, 0.25) is 0 Å². The monoisotopic (exact) mass is 311 g/mol. The summed E-state index contributed by atoms with van der Waals surface area (Å²) in [6, 6.07) is 6.23. The molecule has 1 aliphatic heterocycles. The van der Waals surface area contributed by atoms with E-state index in [0.29, 0.717) is 24.0 Å². The van der Waals surface area contributed by atoms with Crippen LogP contribution in [0.2, 0.25) is 0 Å². The summed E-state index contributed by atoms with van der Waals surface area (Å²) < 4.78 is 10.9. The van der Waals surface area contributed by atoms with Gasteiger partial charge in [0, 0.05) is 12.7 Å². The second-order valence-electron chi connectivity index (χ2n) is 5.22. The lowest BCUT2D eigenvalue weighted by Crippen LogP contribution is -2.41. The van der Waals surface area contributed by atoms with E-state index in [2.05, 4.69) is 25.9 Å². The molecule has 7 heteroatoms. The maximum atomic E-state index is 9.20.